The van der Waals surface area contributed by atoms with Crippen LogP contribution in [0.5, 0.6) is 0 Å². The van der Waals surface area contributed by atoms with Gasteiger partial charge in [0, 0.05) is 49.8 Å². The normalized spacial score (nSPS) is 17.4. The highest BCUT2D eigenvalue weighted by Gasteiger charge is 2.25. The molecule has 0 atom stereocenters. The summed E-state index contributed by atoms with van der Waals surface area (Å²) in [6.07, 6.45) is 5.85. The largest absolute Gasteiger partial charge is 0.348 e. The Kier molecular flexibility index (Phi) is 3.21. The Morgan fingerprint density at radius 3 is 2.76 bits per heavy atom. The first-order valence-electron chi connectivity index (χ1n) is 9.19. The monoisotopic (exact) mass is 327 g/mol. The maximum atomic E-state index is 2.50. The fourth-order valence-electron chi connectivity index (χ4n) is 4.52. The molecule has 0 fully saturated rings. The zero-order valence-corrected chi connectivity index (χ0v) is 14.9. The SMILES string of the molecule is Cc1cc(/C=C2/Cc3ccccc3N2C)c2cccc3c2[n+]1CCC3. The van der Waals surface area contributed by atoms with Crippen LogP contribution < -0.4 is 9.47 Å². The van der Waals surface area contributed by atoms with Gasteiger partial charge in [-0.25, -0.2) is 0 Å². The van der Waals surface area contributed by atoms with E-state index in [1.165, 1.54) is 57.5 Å². The molecule has 2 aromatic carbocycles. The molecule has 3 aromatic rings. The Labute approximate surface area is 149 Å². The van der Waals surface area contributed by atoms with Gasteiger partial charge in [-0.3, -0.25) is 0 Å². The Morgan fingerprint density at radius 2 is 1.88 bits per heavy atom. The van der Waals surface area contributed by atoms with Gasteiger partial charge >= 0.3 is 0 Å². The van der Waals surface area contributed by atoms with Crippen LogP contribution in [0.15, 0.2) is 54.2 Å². The number of anilines is 1. The predicted molar refractivity (Wildman–Crippen MR) is 104 cm³/mol. The van der Waals surface area contributed by atoms with Crippen molar-refractivity contribution < 1.29 is 4.57 Å². The minimum Gasteiger partial charge on any atom is -0.348 e. The van der Waals surface area contributed by atoms with E-state index in [0.29, 0.717) is 0 Å². The van der Waals surface area contributed by atoms with E-state index in [4.69, 9.17) is 0 Å². The summed E-state index contributed by atoms with van der Waals surface area (Å²) in [5, 5.41) is 1.39. The van der Waals surface area contributed by atoms with Crippen LogP contribution in [0.1, 0.15) is 28.8 Å². The van der Waals surface area contributed by atoms with Gasteiger partial charge in [0.2, 0.25) is 5.52 Å². The molecule has 0 bridgehead atoms. The van der Waals surface area contributed by atoms with Gasteiger partial charge in [0.25, 0.3) is 0 Å². The molecule has 0 radical (unpaired) electrons. The number of aryl methyl sites for hydroxylation is 3. The number of nitrogens with zero attached hydrogens (tertiary/aromatic N) is 2. The summed E-state index contributed by atoms with van der Waals surface area (Å²) in [7, 11) is 2.18. The lowest BCUT2D eigenvalue weighted by atomic mass is 9.97. The van der Waals surface area contributed by atoms with E-state index in [2.05, 4.69) is 78.0 Å². The fraction of sp³-hybridized carbons (Fsp3) is 0.261. The number of rotatable bonds is 1. The molecule has 0 spiro atoms. The molecule has 0 N–H and O–H groups in total. The van der Waals surface area contributed by atoms with Gasteiger partial charge in [0.15, 0.2) is 5.69 Å². The van der Waals surface area contributed by atoms with Crippen molar-refractivity contribution in [2.75, 3.05) is 11.9 Å². The second-order valence-corrected chi connectivity index (χ2v) is 7.31. The lowest BCUT2D eigenvalue weighted by Crippen LogP contribution is -2.41. The second kappa shape index (κ2) is 5.45. The Hall–Kier alpha value is -2.61. The van der Waals surface area contributed by atoms with Gasteiger partial charge < -0.3 is 4.90 Å². The van der Waals surface area contributed by atoms with Crippen molar-refractivity contribution in [3.63, 3.8) is 0 Å². The third-order valence-electron chi connectivity index (χ3n) is 5.80. The Balaban J connectivity index is 1.70. The summed E-state index contributed by atoms with van der Waals surface area (Å²) in [5.74, 6) is 0. The smallest absolute Gasteiger partial charge is 0.216 e. The van der Waals surface area contributed by atoms with Crippen LogP contribution in [-0.2, 0) is 19.4 Å². The van der Waals surface area contributed by atoms with Crippen molar-refractivity contribution in [1.82, 2.24) is 0 Å². The van der Waals surface area contributed by atoms with Crippen molar-refractivity contribution in [2.24, 2.45) is 0 Å². The summed E-state index contributed by atoms with van der Waals surface area (Å²) in [4.78, 5) is 2.34. The molecule has 1 aromatic heterocycles. The molecule has 0 unspecified atom stereocenters. The number of fused-ring (bicyclic) bond motifs is 1. The molecule has 2 aliphatic heterocycles. The minimum absolute atomic E-state index is 1.02. The average molecular weight is 327 g/mol. The zero-order chi connectivity index (χ0) is 17.0. The van der Waals surface area contributed by atoms with E-state index in [1.54, 1.807) is 0 Å². The number of likely N-dealkylation sites (N-methyl/N-ethyl adjacent to an activating group) is 1. The Bertz CT molecular complexity index is 1030. The zero-order valence-electron chi connectivity index (χ0n) is 14.9. The summed E-state index contributed by atoms with van der Waals surface area (Å²) in [6.45, 7) is 3.39. The molecule has 0 saturated carbocycles. The molecule has 3 heterocycles. The second-order valence-electron chi connectivity index (χ2n) is 7.31. The van der Waals surface area contributed by atoms with Crippen LogP contribution >= 0.6 is 0 Å². The van der Waals surface area contributed by atoms with Crippen LogP contribution in [-0.4, -0.2) is 7.05 Å². The van der Waals surface area contributed by atoms with Crippen LogP contribution in [0.2, 0.25) is 0 Å². The Morgan fingerprint density at radius 1 is 1.04 bits per heavy atom. The molecule has 0 saturated heterocycles. The minimum atomic E-state index is 1.02. The van der Waals surface area contributed by atoms with E-state index in [1.807, 2.05) is 0 Å². The van der Waals surface area contributed by atoms with Crippen LogP contribution in [0.25, 0.3) is 17.0 Å². The summed E-state index contributed by atoms with van der Waals surface area (Å²) in [5.41, 5.74) is 9.79. The van der Waals surface area contributed by atoms with Gasteiger partial charge in [0.05, 0.1) is 5.39 Å². The molecule has 0 amide bonds. The standard InChI is InChI=1S/C23H23N2/c1-16-13-19(15-20-14-18-7-3-4-11-22(18)24(20)2)21-10-5-8-17-9-6-12-25(16)23(17)21/h3-5,7-8,10-11,13,15H,6,9,12,14H2,1-2H3/q+1. The van der Waals surface area contributed by atoms with E-state index in [-0.39, 0.29) is 0 Å². The van der Waals surface area contributed by atoms with Crippen LogP contribution in [0.4, 0.5) is 5.69 Å². The van der Waals surface area contributed by atoms with Gasteiger partial charge in [-0.15, -0.1) is 0 Å². The molecule has 2 heteroatoms. The van der Waals surface area contributed by atoms with Gasteiger partial charge in [-0.2, -0.15) is 4.57 Å². The number of pyridine rings is 1. The first-order chi connectivity index (χ1) is 12.2. The summed E-state index contributed by atoms with van der Waals surface area (Å²) < 4.78 is 2.50. The predicted octanol–water partition coefficient (Wildman–Crippen LogP) is 4.42. The van der Waals surface area contributed by atoms with Crippen molar-refractivity contribution >= 4 is 22.7 Å². The molecule has 0 aliphatic carbocycles. The molecule has 2 nitrogen and oxygen atoms in total. The van der Waals surface area contributed by atoms with Crippen LogP contribution in [0.3, 0.4) is 0 Å². The highest BCUT2D eigenvalue weighted by Crippen LogP contribution is 2.35. The molecule has 5 rings (SSSR count). The lowest BCUT2D eigenvalue weighted by molar-refractivity contribution is -0.680. The third-order valence-corrected chi connectivity index (χ3v) is 5.80. The number of hydrogen-bond donors (Lipinski definition) is 0. The summed E-state index contributed by atoms with van der Waals surface area (Å²) >= 11 is 0. The van der Waals surface area contributed by atoms with Gasteiger partial charge in [-0.1, -0.05) is 30.3 Å². The first-order valence-corrected chi connectivity index (χ1v) is 9.19. The number of benzene rings is 2. The maximum absolute atomic E-state index is 2.50. The number of hydrogen-bond acceptors (Lipinski definition) is 1. The summed E-state index contributed by atoms with van der Waals surface area (Å²) in [6, 6.07) is 17.9. The van der Waals surface area contributed by atoms with E-state index in [9.17, 15) is 0 Å². The molecule has 2 aliphatic rings. The van der Waals surface area contributed by atoms with Crippen LogP contribution in [0, 0.1) is 6.92 Å². The maximum Gasteiger partial charge on any atom is 0.216 e. The van der Waals surface area contributed by atoms with Crippen molar-refractivity contribution in [2.45, 2.75) is 32.7 Å². The van der Waals surface area contributed by atoms with Crippen molar-refractivity contribution in [3.8, 4) is 0 Å². The number of para-hydroxylation sites is 2. The highest BCUT2D eigenvalue weighted by molar-refractivity contribution is 5.89. The molecular weight excluding hydrogens is 304 g/mol. The van der Waals surface area contributed by atoms with Gasteiger partial charge in [0.1, 0.15) is 6.54 Å². The number of aromatic nitrogens is 1. The van der Waals surface area contributed by atoms with E-state index >= 15 is 0 Å². The molecule has 25 heavy (non-hydrogen) atoms. The first kappa shape index (κ1) is 14.7. The van der Waals surface area contributed by atoms with Gasteiger partial charge in [-0.05, 0) is 35.8 Å². The molecule has 124 valence electrons. The highest BCUT2D eigenvalue weighted by atomic mass is 15.1. The topological polar surface area (TPSA) is 7.12 Å². The number of allylic oxidation sites excluding steroid dienone is 1. The van der Waals surface area contributed by atoms with Crippen molar-refractivity contribution in [1.29, 1.82) is 0 Å². The quantitative estimate of drug-likeness (QED) is 0.600. The molecular formula is C23H23N2+. The lowest BCUT2D eigenvalue weighted by Gasteiger charge is -2.17. The average Bonchev–Trinajstić information content (AvgIpc) is 2.95. The fourth-order valence-corrected chi connectivity index (χ4v) is 4.52. The third kappa shape index (κ3) is 2.21. The van der Waals surface area contributed by atoms with E-state index in [0.717, 1.165) is 13.0 Å². The van der Waals surface area contributed by atoms with E-state index < -0.39 is 0 Å². The van der Waals surface area contributed by atoms with Crippen molar-refractivity contribution in [3.05, 3.63) is 76.6 Å².